The molecule has 0 amide bonds. The summed E-state index contributed by atoms with van der Waals surface area (Å²) in [7, 11) is 0. The summed E-state index contributed by atoms with van der Waals surface area (Å²) in [6.45, 7) is -0.158. The summed E-state index contributed by atoms with van der Waals surface area (Å²) in [6.07, 6.45) is -2.14. The number of aliphatic hydroxyl groups is 1. The average Bonchev–Trinajstić information content (AvgIpc) is 3.60. The number of aliphatic hydroxyl groups excluding tert-OH is 1. The molecular weight excluding hydrogens is 757 g/mol. The van der Waals surface area contributed by atoms with Crippen LogP contribution in [0.5, 0.6) is 0 Å². The van der Waals surface area contributed by atoms with E-state index in [0.29, 0.717) is 0 Å². The van der Waals surface area contributed by atoms with E-state index in [2.05, 4.69) is 4.98 Å². The number of aromatic nitrogens is 2. The van der Waals surface area contributed by atoms with Gasteiger partial charge in [0.05, 0.1) is 12.2 Å². The van der Waals surface area contributed by atoms with Crippen molar-refractivity contribution in [2.45, 2.75) is 35.7 Å². The number of nitrogens with zero attached hydrogens (tertiary/aromatic N) is 1. The molecule has 1 fully saturated rings. The average molecular weight is 799 g/mol. The Hall–Kier alpha value is -6.95. The van der Waals surface area contributed by atoms with Crippen LogP contribution in [-0.4, -0.2) is 50.7 Å². The third-order valence-electron chi connectivity index (χ3n) is 10.8. The molecule has 300 valence electrons. The summed E-state index contributed by atoms with van der Waals surface area (Å²) in [5.74, 6) is -1.28. The molecule has 0 radical (unpaired) electrons. The van der Waals surface area contributed by atoms with Gasteiger partial charge in [-0.2, -0.15) is 0 Å². The Bertz CT molecular complexity index is 2460. The molecule has 1 aliphatic heterocycles. The largest absolute Gasteiger partial charge is 0.478 e. The van der Waals surface area contributed by atoms with E-state index in [1.807, 2.05) is 182 Å². The lowest BCUT2D eigenvalue weighted by atomic mass is 9.79. The zero-order valence-corrected chi connectivity index (χ0v) is 32.4. The molecule has 4 atom stereocenters. The molecule has 2 heterocycles. The first-order chi connectivity index (χ1) is 29.3. The second-order valence-corrected chi connectivity index (χ2v) is 14.4. The Kier molecular flexibility index (Phi) is 11.6. The third-order valence-corrected chi connectivity index (χ3v) is 10.8. The molecule has 0 unspecified atom stereocenters. The molecule has 60 heavy (non-hydrogen) atoms. The Labute approximate surface area is 346 Å². The highest BCUT2D eigenvalue weighted by molar-refractivity contribution is 5.85. The molecule has 1 aromatic heterocycles. The van der Waals surface area contributed by atoms with Gasteiger partial charge in [0.2, 0.25) is 0 Å². The fraction of sp³-hybridized carbons (Fsp3) is 0.140. The summed E-state index contributed by atoms with van der Waals surface area (Å²) in [5, 5.41) is 21.9. The zero-order valence-electron chi connectivity index (χ0n) is 32.4. The normalized spacial score (nSPS) is 18.1. The molecule has 1 saturated heterocycles. The van der Waals surface area contributed by atoms with Crippen molar-refractivity contribution < 1.29 is 29.2 Å². The van der Waals surface area contributed by atoms with Crippen molar-refractivity contribution in [2.24, 2.45) is 0 Å². The maximum absolute atomic E-state index is 13.6. The van der Waals surface area contributed by atoms with Gasteiger partial charge in [-0.15, -0.1) is 0 Å². The standard InChI is InChI=1S/C50H42N2O8/c53-43(54)32-31-35-33-52(48(57)51-46(35)56)47-44(55)45(60-50(39-25-13-4-14-26-39,40-27-15-5-16-28-40)41-29-17-6-18-30-41)42(59-47)34-58-49(36-19-7-1-8-20-36,37-21-9-2-10-22-37)38-23-11-3-12-24-38/h1-33,42,44-45,47,55H,34H2,(H,53,54)(H,51,56,57)/t42-,44-,45-,47-/m1/s1. The molecule has 10 heteroatoms. The van der Waals surface area contributed by atoms with Gasteiger partial charge in [0.15, 0.2) is 6.23 Å². The summed E-state index contributed by atoms with van der Waals surface area (Å²) in [6, 6.07) is 58.5. The molecule has 10 nitrogen and oxygen atoms in total. The predicted octanol–water partition coefficient (Wildman–Crippen LogP) is 7.28. The highest BCUT2D eigenvalue weighted by atomic mass is 16.6. The van der Waals surface area contributed by atoms with Gasteiger partial charge in [-0.3, -0.25) is 14.3 Å². The van der Waals surface area contributed by atoms with Crippen LogP contribution in [0.4, 0.5) is 0 Å². The van der Waals surface area contributed by atoms with Gasteiger partial charge in [0.25, 0.3) is 5.56 Å². The zero-order chi connectivity index (χ0) is 41.5. The van der Waals surface area contributed by atoms with E-state index < -0.39 is 53.0 Å². The van der Waals surface area contributed by atoms with Crippen molar-refractivity contribution >= 4 is 12.0 Å². The lowest BCUT2D eigenvalue weighted by Gasteiger charge is -2.41. The molecule has 1 aliphatic rings. The summed E-state index contributed by atoms with van der Waals surface area (Å²) in [5.41, 5.74) is 0.525. The van der Waals surface area contributed by atoms with Crippen LogP contribution in [0.3, 0.4) is 0 Å². The minimum absolute atomic E-state index is 0.131. The maximum Gasteiger partial charge on any atom is 0.330 e. The van der Waals surface area contributed by atoms with Crippen molar-refractivity contribution in [3.63, 3.8) is 0 Å². The van der Waals surface area contributed by atoms with Crippen molar-refractivity contribution in [1.82, 2.24) is 9.55 Å². The van der Waals surface area contributed by atoms with E-state index in [1.54, 1.807) is 0 Å². The quantitative estimate of drug-likeness (QED) is 0.0771. The van der Waals surface area contributed by atoms with Gasteiger partial charge in [0, 0.05) is 12.3 Å². The second-order valence-electron chi connectivity index (χ2n) is 14.4. The lowest BCUT2D eigenvalue weighted by Crippen LogP contribution is -2.47. The first-order valence-corrected chi connectivity index (χ1v) is 19.6. The van der Waals surface area contributed by atoms with Crippen LogP contribution in [0, 0.1) is 0 Å². The van der Waals surface area contributed by atoms with E-state index in [-0.39, 0.29) is 12.2 Å². The topological polar surface area (TPSA) is 140 Å². The number of carbonyl (C=O) groups is 1. The minimum Gasteiger partial charge on any atom is -0.478 e. The monoisotopic (exact) mass is 798 g/mol. The lowest BCUT2D eigenvalue weighted by molar-refractivity contribution is -0.131. The number of carboxylic acid groups (broad SMARTS) is 1. The number of H-pyrrole nitrogens is 1. The van der Waals surface area contributed by atoms with Crippen LogP contribution < -0.4 is 11.2 Å². The summed E-state index contributed by atoms with van der Waals surface area (Å²) < 4.78 is 22.5. The Morgan fingerprint density at radius 3 is 1.40 bits per heavy atom. The van der Waals surface area contributed by atoms with E-state index in [1.165, 1.54) is 6.20 Å². The number of carboxylic acids is 1. The molecule has 0 saturated carbocycles. The highest BCUT2D eigenvalue weighted by Crippen LogP contribution is 2.46. The Morgan fingerprint density at radius 2 is 1.02 bits per heavy atom. The molecule has 0 bridgehead atoms. The fourth-order valence-corrected chi connectivity index (χ4v) is 8.10. The molecule has 3 N–H and O–H groups in total. The molecule has 0 aliphatic carbocycles. The number of aromatic amines is 1. The van der Waals surface area contributed by atoms with E-state index in [4.69, 9.17) is 14.2 Å². The summed E-state index contributed by atoms with van der Waals surface area (Å²) in [4.78, 5) is 40.1. The third kappa shape index (κ3) is 7.68. The van der Waals surface area contributed by atoms with Crippen LogP contribution in [-0.2, 0) is 30.2 Å². The van der Waals surface area contributed by atoms with Crippen LogP contribution in [0.15, 0.2) is 204 Å². The second kappa shape index (κ2) is 17.5. The van der Waals surface area contributed by atoms with Gasteiger partial charge >= 0.3 is 11.7 Å². The van der Waals surface area contributed by atoms with Gasteiger partial charge in [0.1, 0.15) is 29.5 Å². The molecule has 6 aromatic carbocycles. The number of rotatable bonds is 14. The van der Waals surface area contributed by atoms with Crippen molar-refractivity contribution in [1.29, 1.82) is 0 Å². The number of hydrogen-bond donors (Lipinski definition) is 3. The van der Waals surface area contributed by atoms with Gasteiger partial charge < -0.3 is 24.4 Å². The smallest absolute Gasteiger partial charge is 0.330 e. The summed E-state index contributed by atoms with van der Waals surface area (Å²) >= 11 is 0. The van der Waals surface area contributed by atoms with E-state index >= 15 is 0 Å². The fourth-order valence-electron chi connectivity index (χ4n) is 8.10. The van der Waals surface area contributed by atoms with Gasteiger partial charge in [-0.1, -0.05) is 182 Å². The maximum atomic E-state index is 13.6. The van der Waals surface area contributed by atoms with Crippen LogP contribution >= 0.6 is 0 Å². The molecule has 0 spiro atoms. The van der Waals surface area contributed by atoms with E-state index in [0.717, 1.165) is 50.1 Å². The minimum atomic E-state index is -1.53. The molecule has 7 aromatic rings. The van der Waals surface area contributed by atoms with Gasteiger partial charge in [-0.05, 0) is 39.5 Å². The Morgan fingerprint density at radius 1 is 0.633 bits per heavy atom. The highest BCUT2D eigenvalue weighted by Gasteiger charge is 2.52. The number of nitrogens with one attached hydrogen (secondary N) is 1. The number of hydrogen-bond acceptors (Lipinski definition) is 7. The van der Waals surface area contributed by atoms with Crippen LogP contribution in [0.1, 0.15) is 45.2 Å². The first kappa shape index (κ1) is 39.9. The first-order valence-electron chi connectivity index (χ1n) is 19.6. The Balaban J connectivity index is 1.31. The number of benzene rings is 6. The molecular formula is C50H42N2O8. The van der Waals surface area contributed by atoms with Crippen molar-refractivity contribution in [3.8, 4) is 0 Å². The number of aliphatic carboxylic acids is 1. The van der Waals surface area contributed by atoms with Crippen molar-refractivity contribution in [2.75, 3.05) is 6.61 Å². The van der Waals surface area contributed by atoms with Crippen LogP contribution in [0.25, 0.3) is 6.08 Å². The van der Waals surface area contributed by atoms with Crippen molar-refractivity contribution in [3.05, 3.63) is 254 Å². The van der Waals surface area contributed by atoms with Gasteiger partial charge in [-0.25, -0.2) is 9.59 Å². The van der Waals surface area contributed by atoms with Crippen LogP contribution in [0.2, 0.25) is 0 Å². The number of ether oxygens (including phenoxy) is 3. The predicted molar refractivity (Wildman–Crippen MR) is 227 cm³/mol. The van der Waals surface area contributed by atoms with E-state index in [9.17, 15) is 24.6 Å². The SMILES string of the molecule is O=C(O)C=Cc1cn([C@@H]2O[C@H](COC(c3ccccc3)(c3ccccc3)c3ccccc3)[C@@H](OC(c3ccccc3)(c3ccccc3)c3ccccc3)[C@H]2O)c(=O)[nH]c1=O. The molecule has 8 rings (SSSR count).